The molecule has 0 fully saturated rings. The molecular weight excluding hydrogens is 307 g/mol. The Hall–Kier alpha value is -2.51. The number of hydrogen-bond donors (Lipinski definition) is 3. The van der Waals surface area contributed by atoms with Gasteiger partial charge in [0.2, 0.25) is 10.0 Å². The van der Waals surface area contributed by atoms with Gasteiger partial charge in [0.15, 0.2) is 0 Å². The lowest BCUT2D eigenvalue weighted by atomic mass is 10.2. The predicted octanol–water partition coefficient (Wildman–Crippen LogP) is -0.0964. The Balaban J connectivity index is 3.13. The highest BCUT2D eigenvalue weighted by Gasteiger charge is 2.28. The number of benzene rings is 1. The van der Waals surface area contributed by atoms with Crippen LogP contribution in [0.5, 0.6) is 0 Å². The van der Waals surface area contributed by atoms with Crippen LogP contribution in [0.15, 0.2) is 23.1 Å². The van der Waals surface area contributed by atoms with Crippen LogP contribution in [0.2, 0.25) is 0 Å². The first-order chi connectivity index (χ1) is 9.67. The maximum absolute atomic E-state index is 13.1. The molecule has 0 amide bonds. The molecule has 0 spiro atoms. The van der Waals surface area contributed by atoms with E-state index in [2.05, 4.69) is 0 Å². The van der Waals surface area contributed by atoms with Crippen molar-refractivity contribution in [3.05, 3.63) is 29.6 Å². The van der Waals surface area contributed by atoms with Crippen LogP contribution >= 0.6 is 0 Å². The van der Waals surface area contributed by atoms with Crippen molar-refractivity contribution in [1.29, 1.82) is 5.26 Å². The monoisotopic (exact) mass is 316 g/mol. The first-order valence-electron chi connectivity index (χ1n) is 5.34. The molecular formula is C11H9FN2O6S. The number of carboxylic acids is 2. The SMILES string of the molecule is N#Cc1cc(S(=O)(=O)NC(CC(=O)O)C(=O)O)ccc1F. The molecule has 0 saturated heterocycles. The highest BCUT2D eigenvalue weighted by molar-refractivity contribution is 7.89. The lowest BCUT2D eigenvalue weighted by Gasteiger charge is -2.13. The number of nitriles is 1. The summed E-state index contributed by atoms with van der Waals surface area (Å²) in [6.45, 7) is 0. The summed E-state index contributed by atoms with van der Waals surface area (Å²) in [4.78, 5) is 20.8. The molecule has 0 heterocycles. The third kappa shape index (κ3) is 4.23. The number of carbonyl (C=O) groups is 2. The second kappa shape index (κ2) is 6.29. The number of rotatable bonds is 6. The number of aliphatic carboxylic acids is 2. The minimum atomic E-state index is -4.41. The van der Waals surface area contributed by atoms with Crippen LogP contribution in [0.4, 0.5) is 4.39 Å². The summed E-state index contributed by atoms with van der Waals surface area (Å²) in [6, 6.07) is 1.84. The largest absolute Gasteiger partial charge is 0.481 e. The van der Waals surface area contributed by atoms with Gasteiger partial charge in [0, 0.05) is 0 Å². The van der Waals surface area contributed by atoms with Gasteiger partial charge in [-0.3, -0.25) is 9.59 Å². The Morgan fingerprint density at radius 3 is 2.48 bits per heavy atom. The summed E-state index contributed by atoms with van der Waals surface area (Å²) >= 11 is 0. The van der Waals surface area contributed by atoms with Crippen molar-refractivity contribution in [3.8, 4) is 6.07 Å². The summed E-state index contributed by atoms with van der Waals surface area (Å²) in [5.74, 6) is -4.12. The minimum absolute atomic E-state index is 0.539. The van der Waals surface area contributed by atoms with Gasteiger partial charge in [-0.1, -0.05) is 0 Å². The van der Waals surface area contributed by atoms with E-state index in [1.807, 2.05) is 0 Å². The molecule has 1 aromatic carbocycles. The average Bonchev–Trinajstić information content (AvgIpc) is 2.37. The molecule has 1 unspecified atom stereocenters. The zero-order valence-corrected chi connectivity index (χ0v) is 11.1. The Kier molecular flexibility index (Phi) is 4.96. The summed E-state index contributed by atoms with van der Waals surface area (Å²) in [5, 5.41) is 25.9. The van der Waals surface area contributed by atoms with Crippen molar-refractivity contribution < 1.29 is 32.6 Å². The molecule has 21 heavy (non-hydrogen) atoms. The molecule has 0 aliphatic carbocycles. The molecule has 0 aromatic heterocycles. The Labute approximate surface area is 118 Å². The molecule has 8 nitrogen and oxygen atoms in total. The van der Waals surface area contributed by atoms with Crippen molar-refractivity contribution in [2.75, 3.05) is 0 Å². The van der Waals surface area contributed by atoms with E-state index in [-0.39, 0.29) is 0 Å². The van der Waals surface area contributed by atoms with Crippen LogP contribution in [0.3, 0.4) is 0 Å². The number of halogens is 1. The molecule has 0 bridgehead atoms. The zero-order chi connectivity index (χ0) is 16.2. The van der Waals surface area contributed by atoms with Gasteiger partial charge in [-0.2, -0.15) is 9.98 Å². The highest BCUT2D eigenvalue weighted by atomic mass is 32.2. The van der Waals surface area contributed by atoms with E-state index in [1.54, 1.807) is 4.72 Å². The van der Waals surface area contributed by atoms with Crippen molar-refractivity contribution in [2.45, 2.75) is 17.4 Å². The standard InChI is InChI=1S/C11H9FN2O6S/c12-8-2-1-7(3-6(8)5-13)21(19,20)14-9(11(17)18)4-10(15)16/h1-3,9,14H,4H2,(H,15,16)(H,17,18). The topological polar surface area (TPSA) is 145 Å². The highest BCUT2D eigenvalue weighted by Crippen LogP contribution is 2.15. The molecule has 1 atom stereocenters. The van der Waals surface area contributed by atoms with E-state index in [1.165, 1.54) is 6.07 Å². The number of sulfonamides is 1. The molecule has 0 saturated carbocycles. The molecule has 1 rings (SSSR count). The van der Waals surface area contributed by atoms with E-state index in [9.17, 15) is 22.4 Å². The van der Waals surface area contributed by atoms with Crippen LogP contribution in [0.25, 0.3) is 0 Å². The van der Waals surface area contributed by atoms with Gasteiger partial charge >= 0.3 is 11.9 Å². The first kappa shape index (κ1) is 16.5. The van der Waals surface area contributed by atoms with Crippen LogP contribution in [0.1, 0.15) is 12.0 Å². The Morgan fingerprint density at radius 1 is 1.38 bits per heavy atom. The molecule has 3 N–H and O–H groups in total. The maximum Gasteiger partial charge on any atom is 0.322 e. The van der Waals surface area contributed by atoms with E-state index >= 15 is 0 Å². The fourth-order valence-electron chi connectivity index (χ4n) is 1.37. The summed E-state index contributed by atoms with van der Waals surface area (Å²) in [7, 11) is -4.41. The Bertz CT molecular complexity index is 725. The van der Waals surface area contributed by atoms with Crippen molar-refractivity contribution >= 4 is 22.0 Å². The van der Waals surface area contributed by atoms with Crippen LogP contribution in [-0.4, -0.2) is 36.6 Å². The van der Waals surface area contributed by atoms with Crippen LogP contribution in [-0.2, 0) is 19.6 Å². The van der Waals surface area contributed by atoms with Gasteiger partial charge in [0.25, 0.3) is 0 Å². The van der Waals surface area contributed by atoms with Gasteiger partial charge in [0.1, 0.15) is 17.9 Å². The van der Waals surface area contributed by atoms with Gasteiger partial charge in [-0.05, 0) is 18.2 Å². The number of hydrogen-bond acceptors (Lipinski definition) is 5. The lowest BCUT2D eigenvalue weighted by molar-refractivity contribution is -0.145. The molecule has 112 valence electrons. The van der Waals surface area contributed by atoms with Crippen molar-refractivity contribution in [3.63, 3.8) is 0 Å². The number of carboxylic acid groups (broad SMARTS) is 2. The second-order valence-corrected chi connectivity index (χ2v) is 5.58. The molecule has 0 radical (unpaired) electrons. The molecule has 0 aliphatic rings. The van der Waals surface area contributed by atoms with E-state index in [0.29, 0.717) is 0 Å². The maximum atomic E-state index is 13.1. The quantitative estimate of drug-likeness (QED) is 0.664. The third-order valence-corrected chi connectivity index (χ3v) is 3.81. The van der Waals surface area contributed by atoms with Gasteiger partial charge in [-0.25, -0.2) is 12.8 Å². The van der Waals surface area contributed by atoms with Gasteiger partial charge in [0.05, 0.1) is 16.9 Å². The molecule has 10 heteroatoms. The van der Waals surface area contributed by atoms with E-state index < -0.39 is 50.7 Å². The summed E-state index contributed by atoms with van der Waals surface area (Å²) in [6.07, 6.45) is -0.971. The Morgan fingerprint density at radius 2 is 2.00 bits per heavy atom. The summed E-state index contributed by atoms with van der Waals surface area (Å²) in [5.41, 5.74) is -0.539. The second-order valence-electron chi connectivity index (χ2n) is 3.86. The van der Waals surface area contributed by atoms with Gasteiger partial charge < -0.3 is 10.2 Å². The van der Waals surface area contributed by atoms with Crippen molar-refractivity contribution in [2.24, 2.45) is 0 Å². The lowest BCUT2D eigenvalue weighted by Crippen LogP contribution is -2.42. The van der Waals surface area contributed by atoms with Crippen LogP contribution < -0.4 is 4.72 Å². The average molecular weight is 316 g/mol. The fourth-order valence-corrected chi connectivity index (χ4v) is 2.58. The van der Waals surface area contributed by atoms with E-state index in [4.69, 9.17) is 15.5 Å². The minimum Gasteiger partial charge on any atom is -0.481 e. The van der Waals surface area contributed by atoms with Crippen molar-refractivity contribution in [1.82, 2.24) is 4.72 Å². The van der Waals surface area contributed by atoms with Gasteiger partial charge in [-0.15, -0.1) is 0 Å². The molecule has 0 aliphatic heterocycles. The smallest absolute Gasteiger partial charge is 0.322 e. The fraction of sp³-hybridized carbons (Fsp3) is 0.182. The van der Waals surface area contributed by atoms with Crippen LogP contribution in [0, 0.1) is 17.1 Å². The summed E-state index contributed by atoms with van der Waals surface area (Å²) < 4.78 is 38.6. The number of nitrogens with zero attached hydrogens (tertiary/aromatic N) is 1. The molecule has 1 aromatic rings. The predicted molar refractivity (Wildman–Crippen MR) is 65.1 cm³/mol. The number of nitrogens with one attached hydrogen (secondary N) is 1. The zero-order valence-electron chi connectivity index (χ0n) is 10.3. The third-order valence-electron chi connectivity index (χ3n) is 2.34. The van der Waals surface area contributed by atoms with E-state index in [0.717, 1.165) is 18.2 Å². The normalized spacial score (nSPS) is 12.4. The first-order valence-corrected chi connectivity index (χ1v) is 6.82.